The highest BCUT2D eigenvalue weighted by atomic mass is 16.4. The van der Waals surface area contributed by atoms with E-state index in [9.17, 15) is 9.59 Å². The minimum absolute atomic E-state index is 0.0660. The number of amides is 1. The fourth-order valence-electron chi connectivity index (χ4n) is 2.63. The van der Waals surface area contributed by atoms with Crippen molar-refractivity contribution in [3.8, 4) is 5.69 Å². The molecule has 0 unspecified atom stereocenters. The Kier molecular flexibility index (Phi) is 5.39. The molecule has 0 atom stereocenters. The first-order chi connectivity index (χ1) is 11.3. The Morgan fingerprint density at radius 3 is 2.38 bits per heavy atom. The maximum atomic E-state index is 12.7. The van der Waals surface area contributed by atoms with Gasteiger partial charge < -0.3 is 10.0 Å². The van der Waals surface area contributed by atoms with Crippen LogP contribution in [0.25, 0.3) is 5.69 Å². The van der Waals surface area contributed by atoms with E-state index in [-0.39, 0.29) is 18.4 Å². The summed E-state index contributed by atoms with van der Waals surface area (Å²) < 4.78 is 1.76. The van der Waals surface area contributed by atoms with E-state index in [4.69, 9.17) is 5.11 Å². The molecule has 0 radical (unpaired) electrons. The van der Waals surface area contributed by atoms with Crippen LogP contribution in [0.1, 0.15) is 48.3 Å². The Labute approximate surface area is 141 Å². The molecule has 1 amide bonds. The van der Waals surface area contributed by atoms with Gasteiger partial charge in [-0.1, -0.05) is 31.5 Å². The zero-order valence-electron chi connectivity index (χ0n) is 14.5. The fraction of sp³-hybridized carbons (Fsp3) is 0.389. The van der Waals surface area contributed by atoms with Gasteiger partial charge >= 0.3 is 5.97 Å². The highest BCUT2D eigenvalue weighted by Gasteiger charge is 2.25. The van der Waals surface area contributed by atoms with Crippen LogP contribution in [-0.4, -0.2) is 44.8 Å². The molecule has 0 aliphatic heterocycles. The summed E-state index contributed by atoms with van der Waals surface area (Å²) in [6.07, 6.45) is 1.53. The molecule has 1 N–H and O–H groups in total. The van der Waals surface area contributed by atoms with Crippen molar-refractivity contribution in [3.63, 3.8) is 0 Å². The smallest absolute Gasteiger partial charge is 0.323 e. The van der Waals surface area contributed by atoms with Crippen LogP contribution >= 0.6 is 0 Å². The van der Waals surface area contributed by atoms with Gasteiger partial charge in [0.25, 0.3) is 5.91 Å². The average Bonchev–Trinajstić information content (AvgIpc) is 2.97. The third-order valence-electron chi connectivity index (χ3n) is 3.86. The molecule has 24 heavy (non-hydrogen) atoms. The molecule has 1 aromatic carbocycles. The van der Waals surface area contributed by atoms with E-state index in [0.29, 0.717) is 12.1 Å². The molecule has 6 nitrogen and oxygen atoms in total. The Balaban J connectivity index is 2.46. The van der Waals surface area contributed by atoms with Gasteiger partial charge in [-0.3, -0.25) is 9.59 Å². The molecule has 2 aromatic rings. The van der Waals surface area contributed by atoms with Gasteiger partial charge in [0.15, 0.2) is 0 Å². The van der Waals surface area contributed by atoms with E-state index in [1.165, 1.54) is 11.1 Å². The lowest BCUT2D eigenvalue weighted by atomic mass is 10.0. The lowest BCUT2D eigenvalue weighted by molar-refractivity contribution is -0.137. The van der Waals surface area contributed by atoms with Gasteiger partial charge in [0.2, 0.25) is 0 Å². The largest absolute Gasteiger partial charge is 0.480 e. The van der Waals surface area contributed by atoms with E-state index >= 15 is 0 Å². The first kappa shape index (κ1) is 17.7. The topological polar surface area (TPSA) is 75.4 Å². The molecule has 0 spiro atoms. The number of carbonyl (C=O) groups is 2. The zero-order chi connectivity index (χ0) is 17.9. The van der Waals surface area contributed by atoms with Gasteiger partial charge in [-0.2, -0.15) is 5.10 Å². The maximum absolute atomic E-state index is 12.7. The van der Waals surface area contributed by atoms with Crippen LogP contribution in [0.4, 0.5) is 0 Å². The molecule has 2 rings (SSSR count). The summed E-state index contributed by atoms with van der Waals surface area (Å²) in [6, 6.07) is 7.89. The molecule has 0 saturated heterocycles. The second-order valence-corrected chi connectivity index (χ2v) is 6.06. The van der Waals surface area contributed by atoms with Gasteiger partial charge in [-0.15, -0.1) is 0 Å². The van der Waals surface area contributed by atoms with Crippen LogP contribution in [0, 0.1) is 6.92 Å². The third-order valence-corrected chi connectivity index (χ3v) is 3.86. The van der Waals surface area contributed by atoms with Crippen LogP contribution in [0.15, 0.2) is 30.5 Å². The van der Waals surface area contributed by atoms with Crippen molar-refractivity contribution in [2.24, 2.45) is 0 Å². The summed E-state index contributed by atoms with van der Waals surface area (Å²) >= 11 is 0. The zero-order valence-corrected chi connectivity index (χ0v) is 14.5. The summed E-state index contributed by atoms with van der Waals surface area (Å²) in [5.41, 5.74) is 3.26. The van der Waals surface area contributed by atoms with Crippen LogP contribution < -0.4 is 0 Å². The van der Waals surface area contributed by atoms with Crippen LogP contribution in [-0.2, 0) is 4.79 Å². The van der Waals surface area contributed by atoms with Gasteiger partial charge in [-0.05, 0) is 31.9 Å². The first-order valence-corrected chi connectivity index (χ1v) is 8.01. The summed E-state index contributed by atoms with van der Waals surface area (Å²) in [5.74, 6) is -1.26. The highest BCUT2D eigenvalue weighted by molar-refractivity contribution is 5.97. The number of carboxylic acid groups (broad SMARTS) is 1. The summed E-state index contributed by atoms with van der Waals surface area (Å²) in [4.78, 5) is 25.0. The van der Waals surface area contributed by atoms with Crippen molar-refractivity contribution in [1.82, 2.24) is 14.7 Å². The number of aromatic nitrogens is 2. The fourth-order valence-corrected chi connectivity index (χ4v) is 2.63. The monoisotopic (exact) mass is 329 g/mol. The third kappa shape index (κ3) is 3.64. The summed E-state index contributed by atoms with van der Waals surface area (Å²) in [7, 11) is 0. The highest BCUT2D eigenvalue weighted by Crippen LogP contribution is 2.24. The van der Waals surface area contributed by atoms with Crippen LogP contribution in [0.3, 0.4) is 0 Å². The Morgan fingerprint density at radius 2 is 1.88 bits per heavy atom. The summed E-state index contributed by atoms with van der Waals surface area (Å²) in [5, 5.41) is 13.4. The quantitative estimate of drug-likeness (QED) is 0.884. The number of hydrogen-bond donors (Lipinski definition) is 1. The van der Waals surface area contributed by atoms with E-state index in [1.54, 1.807) is 11.6 Å². The second-order valence-electron chi connectivity index (χ2n) is 6.06. The predicted octanol–water partition coefficient (Wildman–Crippen LogP) is 2.85. The first-order valence-electron chi connectivity index (χ1n) is 8.01. The molecule has 1 aromatic heterocycles. The maximum Gasteiger partial charge on any atom is 0.323 e. The number of aliphatic carboxylic acids is 1. The van der Waals surface area contributed by atoms with Crippen molar-refractivity contribution < 1.29 is 14.7 Å². The number of carboxylic acids is 1. The average molecular weight is 329 g/mol. The number of aryl methyl sites for hydroxylation is 1. The minimum atomic E-state index is -1.03. The Hall–Kier alpha value is -2.63. The SMILES string of the molecule is CCN(CC(=O)O)C(=O)c1cnn(-c2ccc(C)cc2)c1C(C)C. The summed E-state index contributed by atoms with van der Waals surface area (Å²) in [6.45, 7) is 7.77. The van der Waals surface area contributed by atoms with Crippen molar-refractivity contribution >= 4 is 11.9 Å². The van der Waals surface area contributed by atoms with Crippen molar-refractivity contribution in [3.05, 3.63) is 47.3 Å². The molecule has 1 heterocycles. The van der Waals surface area contributed by atoms with E-state index in [2.05, 4.69) is 5.10 Å². The van der Waals surface area contributed by atoms with Crippen molar-refractivity contribution in [1.29, 1.82) is 0 Å². The van der Waals surface area contributed by atoms with Gasteiger partial charge in [0, 0.05) is 6.54 Å². The lowest BCUT2D eigenvalue weighted by Crippen LogP contribution is -2.35. The van der Waals surface area contributed by atoms with E-state index in [1.807, 2.05) is 45.0 Å². The molecule has 0 bridgehead atoms. The lowest BCUT2D eigenvalue weighted by Gasteiger charge is -2.20. The number of carbonyl (C=O) groups excluding carboxylic acids is 1. The molecule has 6 heteroatoms. The molecular weight excluding hydrogens is 306 g/mol. The van der Waals surface area contributed by atoms with Crippen molar-refractivity contribution in [2.45, 2.75) is 33.6 Å². The standard InChI is InChI=1S/C18H23N3O3/c1-5-20(11-16(22)23)18(24)15-10-19-21(17(15)12(2)3)14-8-6-13(4)7-9-14/h6-10,12H,5,11H2,1-4H3,(H,22,23). The van der Waals surface area contributed by atoms with Crippen LogP contribution in [0.5, 0.6) is 0 Å². The van der Waals surface area contributed by atoms with E-state index < -0.39 is 5.97 Å². The van der Waals surface area contributed by atoms with Gasteiger partial charge in [0.1, 0.15) is 6.54 Å². The van der Waals surface area contributed by atoms with Crippen molar-refractivity contribution in [2.75, 3.05) is 13.1 Å². The number of hydrogen-bond acceptors (Lipinski definition) is 3. The Bertz CT molecular complexity index is 732. The number of rotatable bonds is 6. The second kappa shape index (κ2) is 7.29. The predicted molar refractivity (Wildman–Crippen MR) is 91.6 cm³/mol. The molecule has 0 aliphatic carbocycles. The minimum Gasteiger partial charge on any atom is -0.480 e. The van der Waals surface area contributed by atoms with Gasteiger partial charge in [-0.25, -0.2) is 4.68 Å². The van der Waals surface area contributed by atoms with Crippen LogP contribution in [0.2, 0.25) is 0 Å². The van der Waals surface area contributed by atoms with Gasteiger partial charge in [0.05, 0.1) is 23.1 Å². The normalized spacial score (nSPS) is 10.9. The number of nitrogens with zero attached hydrogens (tertiary/aromatic N) is 3. The molecule has 0 saturated carbocycles. The number of likely N-dealkylation sites (N-methyl/N-ethyl adjacent to an activating group) is 1. The molecule has 0 fully saturated rings. The Morgan fingerprint density at radius 1 is 1.25 bits per heavy atom. The van der Waals surface area contributed by atoms with E-state index in [0.717, 1.165) is 16.9 Å². The molecule has 128 valence electrons. The molecular formula is C18H23N3O3. The number of benzene rings is 1. The molecule has 0 aliphatic rings.